The van der Waals surface area contributed by atoms with Crippen molar-refractivity contribution in [3.8, 4) is 0 Å². The molecular formula is C17H20N2O. The topological polar surface area (TPSA) is 55.1 Å². The van der Waals surface area contributed by atoms with E-state index in [0.29, 0.717) is 17.2 Å². The molecule has 3 nitrogen and oxygen atoms in total. The first kappa shape index (κ1) is 14.1. The second kappa shape index (κ2) is 5.78. The highest BCUT2D eigenvalue weighted by Crippen LogP contribution is 2.19. The van der Waals surface area contributed by atoms with Crippen molar-refractivity contribution >= 4 is 17.3 Å². The number of nitrogens with one attached hydrogen (secondary N) is 1. The van der Waals surface area contributed by atoms with Gasteiger partial charge >= 0.3 is 0 Å². The molecule has 0 bridgehead atoms. The number of benzene rings is 2. The van der Waals surface area contributed by atoms with Crippen LogP contribution in [0.4, 0.5) is 11.4 Å². The predicted octanol–water partition coefficient (Wildman–Crippen LogP) is 3.95. The van der Waals surface area contributed by atoms with Gasteiger partial charge in [0.25, 0.3) is 5.91 Å². The first-order valence-electron chi connectivity index (χ1n) is 6.74. The van der Waals surface area contributed by atoms with Crippen molar-refractivity contribution in [3.05, 3.63) is 59.2 Å². The van der Waals surface area contributed by atoms with Gasteiger partial charge in [0.1, 0.15) is 0 Å². The number of carbonyl (C=O) groups excluding carboxylic acids is 1. The van der Waals surface area contributed by atoms with Gasteiger partial charge in [0.2, 0.25) is 0 Å². The van der Waals surface area contributed by atoms with Gasteiger partial charge in [-0.05, 0) is 54.3 Å². The summed E-state index contributed by atoms with van der Waals surface area (Å²) in [5.41, 5.74) is 9.94. The standard InChI is InChI=1S/C17H20N2O/c1-11(2)13-5-4-6-16(10-13)19-17(20)14-7-12(3)8-15(18)9-14/h4-11H,18H2,1-3H3,(H,19,20). The summed E-state index contributed by atoms with van der Waals surface area (Å²) in [6.07, 6.45) is 0. The summed E-state index contributed by atoms with van der Waals surface area (Å²) in [5, 5.41) is 2.91. The average Bonchev–Trinajstić information content (AvgIpc) is 2.37. The van der Waals surface area contributed by atoms with Gasteiger partial charge in [-0.15, -0.1) is 0 Å². The summed E-state index contributed by atoms with van der Waals surface area (Å²) in [4.78, 5) is 12.2. The van der Waals surface area contributed by atoms with Crippen LogP contribution < -0.4 is 11.1 Å². The van der Waals surface area contributed by atoms with Crippen LogP contribution >= 0.6 is 0 Å². The molecule has 0 aliphatic carbocycles. The van der Waals surface area contributed by atoms with Gasteiger partial charge < -0.3 is 11.1 Å². The summed E-state index contributed by atoms with van der Waals surface area (Å²) in [6.45, 7) is 6.18. The smallest absolute Gasteiger partial charge is 0.255 e. The molecule has 0 spiro atoms. The lowest BCUT2D eigenvalue weighted by Gasteiger charge is -2.10. The van der Waals surface area contributed by atoms with E-state index in [2.05, 4.69) is 25.2 Å². The average molecular weight is 268 g/mol. The number of carbonyl (C=O) groups is 1. The minimum Gasteiger partial charge on any atom is -0.399 e. The number of anilines is 2. The van der Waals surface area contributed by atoms with Crippen molar-refractivity contribution in [2.24, 2.45) is 0 Å². The summed E-state index contributed by atoms with van der Waals surface area (Å²) < 4.78 is 0. The quantitative estimate of drug-likeness (QED) is 0.828. The fourth-order valence-corrected chi connectivity index (χ4v) is 2.12. The molecule has 3 N–H and O–H groups in total. The number of aryl methyl sites for hydroxylation is 1. The highest BCUT2D eigenvalue weighted by molar-refractivity contribution is 6.04. The Bertz CT molecular complexity index is 612. The van der Waals surface area contributed by atoms with Gasteiger partial charge in [-0.2, -0.15) is 0 Å². The van der Waals surface area contributed by atoms with E-state index in [0.717, 1.165) is 11.3 Å². The van der Waals surface area contributed by atoms with E-state index >= 15 is 0 Å². The lowest BCUT2D eigenvalue weighted by atomic mass is 10.0. The van der Waals surface area contributed by atoms with Crippen molar-refractivity contribution in [2.75, 3.05) is 11.1 Å². The van der Waals surface area contributed by atoms with E-state index in [-0.39, 0.29) is 5.91 Å². The number of nitrogen functional groups attached to an aromatic ring is 1. The fourth-order valence-electron chi connectivity index (χ4n) is 2.12. The van der Waals surface area contributed by atoms with E-state index in [9.17, 15) is 4.79 Å². The Hall–Kier alpha value is -2.29. The lowest BCUT2D eigenvalue weighted by Crippen LogP contribution is -2.12. The molecule has 104 valence electrons. The van der Waals surface area contributed by atoms with Crippen molar-refractivity contribution in [2.45, 2.75) is 26.7 Å². The first-order valence-corrected chi connectivity index (χ1v) is 6.74. The molecule has 0 saturated carbocycles. The molecule has 3 heteroatoms. The molecule has 0 aromatic heterocycles. The van der Waals surface area contributed by atoms with E-state index < -0.39 is 0 Å². The summed E-state index contributed by atoms with van der Waals surface area (Å²) >= 11 is 0. The molecule has 0 heterocycles. The van der Waals surface area contributed by atoms with E-state index in [4.69, 9.17) is 5.73 Å². The minimum atomic E-state index is -0.138. The van der Waals surface area contributed by atoms with Crippen LogP contribution in [0.3, 0.4) is 0 Å². The maximum atomic E-state index is 12.2. The van der Waals surface area contributed by atoms with Crippen molar-refractivity contribution in [1.82, 2.24) is 0 Å². The van der Waals surface area contributed by atoms with E-state index in [1.54, 1.807) is 6.07 Å². The predicted molar refractivity (Wildman–Crippen MR) is 84.1 cm³/mol. The van der Waals surface area contributed by atoms with Gasteiger partial charge in [0.05, 0.1) is 0 Å². The highest BCUT2D eigenvalue weighted by Gasteiger charge is 2.08. The normalized spacial score (nSPS) is 10.6. The second-order valence-electron chi connectivity index (χ2n) is 5.37. The van der Waals surface area contributed by atoms with Crippen LogP contribution in [0.5, 0.6) is 0 Å². The molecule has 20 heavy (non-hydrogen) atoms. The SMILES string of the molecule is Cc1cc(N)cc(C(=O)Nc2cccc(C(C)C)c2)c1. The second-order valence-corrected chi connectivity index (χ2v) is 5.37. The van der Waals surface area contributed by atoms with Crippen molar-refractivity contribution in [3.63, 3.8) is 0 Å². The number of hydrogen-bond donors (Lipinski definition) is 2. The van der Waals surface area contributed by atoms with Crippen LogP contribution in [0, 0.1) is 6.92 Å². The summed E-state index contributed by atoms with van der Waals surface area (Å²) in [5.74, 6) is 0.294. The van der Waals surface area contributed by atoms with Crippen molar-refractivity contribution < 1.29 is 4.79 Å². The Kier molecular flexibility index (Phi) is 4.08. The van der Waals surface area contributed by atoms with Gasteiger partial charge in [0, 0.05) is 16.9 Å². The van der Waals surface area contributed by atoms with Crippen molar-refractivity contribution in [1.29, 1.82) is 0 Å². The van der Waals surface area contributed by atoms with Crippen LogP contribution in [-0.4, -0.2) is 5.91 Å². The van der Waals surface area contributed by atoms with Gasteiger partial charge in [-0.3, -0.25) is 4.79 Å². The third kappa shape index (κ3) is 3.38. The Labute approximate surface area is 119 Å². The van der Waals surface area contributed by atoms with Crippen LogP contribution in [0.2, 0.25) is 0 Å². The molecule has 2 rings (SSSR count). The van der Waals surface area contributed by atoms with Gasteiger partial charge in [-0.1, -0.05) is 26.0 Å². The number of amides is 1. The molecule has 0 unspecified atom stereocenters. The minimum absolute atomic E-state index is 0.138. The number of nitrogens with two attached hydrogens (primary N) is 1. The van der Waals surface area contributed by atoms with Gasteiger partial charge in [0.15, 0.2) is 0 Å². The third-order valence-corrected chi connectivity index (χ3v) is 3.17. The first-order chi connectivity index (χ1) is 9.45. The molecule has 1 amide bonds. The van der Waals surface area contributed by atoms with E-state index in [1.807, 2.05) is 37.3 Å². The monoisotopic (exact) mass is 268 g/mol. The molecule has 0 atom stereocenters. The highest BCUT2D eigenvalue weighted by atomic mass is 16.1. The molecular weight excluding hydrogens is 248 g/mol. The Morgan fingerprint density at radius 3 is 2.55 bits per heavy atom. The number of rotatable bonds is 3. The molecule has 0 aliphatic rings. The Morgan fingerprint density at radius 2 is 1.90 bits per heavy atom. The maximum Gasteiger partial charge on any atom is 0.255 e. The zero-order valence-corrected chi connectivity index (χ0v) is 12.1. The summed E-state index contributed by atoms with van der Waals surface area (Å²) in [7, 11) is 0. The molecule has 0 fully saturated rings. The van der Waals surface area contributed by atoms with E-state index in [1.165, 1.54) is 5.56 Å². The molecule has 2 aromatic rings. The molecule has 2 aromatic carbocycles. The summed E-state index contributed by atoms with van der Waals surface area (Å²) in [6, 6.07) is 13.3. The lowest BCUT2D eigenvalue weighted by molar-refractivity contribution is 0.102. The zero-order chi connectivity index (χ0) is 14.7. The zero-order valence-electron chi connectivity index (χ0n) is 12.1. The van der Waals surface area contributed by atoms with Crippen LogP contribution in [-0.2, 0) is 0 Å². The number of hydrogen-bond acceptors (Lipinski definition) is 2. The Balaban J connectivity index is 2.21. The Morgan fingerprint density at radius 1 is 1.15 bits per heavy atom. The van der Waals surface area contributed by atoms with Crippen LogP contribution in [0.25, 0.3) is 0 Å². The third-order valence-electron chi connectivity index (χ3n) is 3.17. The van der Waals surface area contributed by atoms with Crippen LogP contribution in [0.15, 0.2) is 42.5 Å². The molecule has 0 saturated heterocycles. The largest absolute Gasteiger partial charge is 0.399 e. The maximum absolute atomic E-state index is 12.2. The fraction of sp³-hybridized carbons (Fsp3) is 0.235. The van der Waals surface area contributed by atoms with Crippen LogP contribution in [0.1, 0.15) is 41.3 Å². The van der Waals surface area contributed by atoms with Gasteiger partial charge in [-0.25, -0.2) is 0 Å². The molecule has 0 radical (unpaired) electrons. The molecule has 0 aliphatic heterocycles.